The van der Waals surface area contributed by atoms with Crippen molar-refractivity contribution in [3.8, 4) is 0 Å². The Morgan fingerprint density at radius 1 is 1.29 bits per heavy atom. The van der Waals surface area contributed by atoms with Crippen molar-refractivity contribution < 1.29 is 9.21 Å². The first-order chi connectivity index (χ1) is 10.2. The number of carbonyl (C=O) groups excluding carboxylic acids is 1. The van der Waals surface area contributed by atoms with Crippen molar-refractivity contribution in [3.05, 3.63) is 53.7 Å². The summed E-state index contributed by atoms with van der Waals surface area (Å²) in [7, 11) is 2.08. The van der Waals surface area contributed by atoms with Gasteiger partial charge in [-0.3, -0.25) is 4.79 Å². The second kappa shape index (κ2) is 5.69. The van der Waals surface area contributed by atoms with Gasteiger partial charge in [-0.2, -0.15) is 0 Å². The lowest BCUT2D eigenvalue weighted by molar-refractivity contribution is 0.0491. The Kier molecular flexibility index (Phi) is 3.75. The van der Waals surface area contributed by atoms with Crippen LogP contribution in [0, 0.1) is 6.92 Å². The van der Waals surface area contributed by atoms with Crippen molar-refractivity contribution >= 4 is 5.91 Å². The molecule has 0 aliphatic carbocycles. The van der Waals surface area contributed by atoms with Crippen molar-refractivity contribution in [1.82, 2.24) is 14.8 Å². The average molecular weight is 285 g/mol. The molecular formula is C16H19N3O2. The number of likely N-dealkylation sites (N-methyl/N-ethyl adjacent to an activating group) is 1. The van der Waals surface area contributed by atoms with E-state index in [1.807, 2.05) is 23.1 Å². The quantitative estimate of drug-likeness (QED) is 0.848. The number of oxazole rings is 1. The number of hydrogen-bond donors (Lipinski definition) is 0. The Bertz CT molecular complexity index is 623. The molecule has 2 aromatic rings. The first-order valence-electron chi connectivity index (χ1n) is 7.11. The van der Waals surface area contributed by atoms with Gasteiger partial charge in [0.15, 0.2) is 12.1 Å². The SMILES string of the molecule is Cc1ocnc1C(=O)N1CCN(C)C[C@@H]1c1ccccc1. The molecule has 3 rings (SSSR count). The molecule has 0 radical (unpaired) electrons. The van der Waals surface area contributed by atoms with E-state index >= 15 is 0 Å². The summed E-state index contributed by atoms with van der Waals surface area (Å²) in [6.07, 6.45) is 1.33. The molecular weight excluding hydrogens is 266 g/mol. The van der Waals surface area contributed by atoms with E-state index in [0.717, 1.165) is 18.7 Å². The summed E-state index contributed by atoms with van der Waals surface area (Å²) in [5.41, 5.74) is 1.57. The lowest BCUT2D eigenvalue weighted by Gasteiger charge is -2.40. The van der Waals surface area contributed by atoms with E-state index < -0.39 is 0 Å². The third-order valence-electron chi connectivity index (χ3n) is 3.98. The Morgan fingerprint density at radius 3 is 2.71 bits per heavy atom. The van der Waals surface area contributed by atoms with Crippen LogP contribution in [-0.2, 0) is 0 Å². The molecule has 0 bridgehead atoms. The number of hydrogen-bond acceptors (Lipinski definition) is 4. The average Bonchev–Trinajstić information content (AvgIpc) is 2.93. The molecule has 1 saturated heterocycles. The van der Waals surface area contributed by atoms with E-state index in [1.54, 1.807) is 6.92 Å². The largest absolute Gasteiger partial charge is 0.448 e. The van der Waals surface area contributed by atoms with Gasteiger partial charge in [0.05, 0.1) is 6.04 Å². The van der Waals surface area contributed by atoms with Crippen LogP contribution >= 0.6 is 0 Å². The number of aromatic nitrogens is 1. The normalized spacial score (nSPS) is 19.7. The number of amides is 1. The van der Waals surface area contributed by atoms with Crippen LogP contribution < -0.4 is 0 Å². The summed E-state index contributed by atoms with van der Waals surface area (Å²) in [6, 6.07) is 10.2. The fourth-order valence-corrected chi connectivity index (χ4v) is 2.77. The molecule has 1 aromatic heterocycles. The third-order valence-corrected chi connectivity index (χ3v) is 3.98. The minimum Gasteiger partial charge on any atom is -0.448 e. The van der Waals surface area contributed by atoms with Crippen molar-refractivity contribution in [1.29, 1.82) is 0 Å². The molecule has 1 aliphatic heterocycles. The van der Waals surface area contributed by atoms with Crippen molar-refractivity contribution in [2.45, 2.75) is 13.0 Å². The second-order valence-electron chi connectivity index (χ2n) is 5.44. The number of benzene rings is 1. The zero-order valence-corrected chi connectivity index (χ0v) is 12.3. The number of aryl methyl sites for hydroxylation is 1. The van der Waals surface area contributed by atoms with Crippen molar-refractivity contribution in [2.75, 3.05) is 26.7 Å². The van der Waals surface area contributed by atoms with Crippen LogP contribution in [0.5, 0.6) is 0 Å². The molecule has 1 amide bonds. The fourth-order valence-electron chi connectivity index (χ4n) is 2.77. The summed E-state index contributed by atoms with van der Waals surface area (Å²) >= 11 is 0. The Labute approximate surface area is 124 Å². The highest BCUT2D eigenvalue weighted by atomic mass is 16.3. The van der Waals surface area contributed by atoms with Crippen molar-refractivity contribution in [3.63, 3.8) is 0 Å². The Balaban J connectivity index is 1.91. The molecule has 0 N–H and O–H groups in total. The van der Waals surface area contributed by atoms with Crippen LogP contribution in [0.15, 0.2) is 41.1 Å². The molecule has 110 valence electrons. The topological polar surface area (TPSA) is 49.6 Å². The summed E-state index contributed by atoms with van der Waals surface area (Å²) in [4.78, 5) is 21.0. The van der Waals surface area contributed by atoms with Gasteiger partial charge in [-0.15, -0.1) is 0 Å². The molecule has 0 saturated carbocycles. The molecule has 0 unspecified atom stereocenters. The Hall–Kier alpha value is -2.14. The van der Waals surface area contributed by atoms with Gasteiger partial charge in [0.25, 0.3) is 5.91 Å². The maximum absolute atomic E-state index is 12.8. The summed E-state index contributed by atoms with van der Waals surface area (Å²) < 4.78 is 5.17. The summed E-state index contributed by atoms with van der Waals surface area (Å²) in [5.74, 6) is 0.522. The van der Waals surface area contributed by atoms with Gasteiger partial charge in [0.1, 0.15) is 5.76 Å². The minimum absolute atomic E-state index is 0.0496. The first kappa shape index (κ1) is 13.8. The van der Waals surface area contributed by atoms with Crippen LogP contribution in [-0.4, -0.2) is 47.4 Å². The predicted molar refractivity (Wildman–Crippen MR) is 79.0 cm³/mol. The van der Waals surface area contributed by atoms with Gasteiger partial charge < -0.3 is 14.2 Å². The highest BCUT2D eigenvalue weighted by Crippen LogP contribution is 2.26. The standard InChI is InChI=1S/C16H19N3O2/c1-12-15(17-11-21-12)16(20)19-9-8-18(2)10-14(19)13-6-4-3-5-7-13/h3-7,11,14H,8-10H2,1-2H3/t14-/m1/s1. The predicted octanol–water partition coefficient (Wildman–Crippen LogP) is 2.11. The molecule has 1 aliphatic rings. The summed E-state index contributed by atoms with van der Waals surface area (Å²) in [6.45, 7) is 4.16. The maximum atomic E-state index is 12.8. The van der Waals surface area contributed by atoms with E-state index in [2.05, 4.69) is 29.1 Å². The van der Waals surface area contributed by atoms with Gasteiger partial charge in [-0.1, -0.05) is 30.3 Å². The highest BCUT2D eigenvalue weighted by molar-refractivity contribution is 5.93. The molecule has 1 atom stereocenters. The van der Waals surface area contributed by atoms with Gasteiger partial charge in [0, 0.05) is 19.6 Å². The monoisotopic (exact) mass is 285 g/mol. The van der Waals surface area contributed by atoms with E-state index in [4.69, 9.17) is 4.42 Å². The number of carbonyl (C=O) groups is 1. The molecule has 0 spiro atoms. The van der Waals surface area contributed by atoms with Crippen LogP contribution in [0.4, 0.5) is 0 Å². The zero-order chi connectivity index (χ0) is 14.8. The first-order valence-corrected chi connectivity index (χ1v) is 7.11. The maximum Gasteiger partial charge on any atom is 0.276 e. The van der Waals surface area contributed by atoms with E-state index in [1.165, 1.54) is 6.39 Å². The van der Waals surface area contributed by atoms with Gasteiger partial charge in [-0.25, -0.2) is 4.98 Å². The van der Waals surface area contributed by atoms with Gasteiger partial charge >= 0.3 is 0 Å². The number of piperazine rings is 1. The fraction of sp³-hybridized carbons (Fsp3) is 0.375. The molecule has 2 heterocycles. The lowest BCUT2D eigenvalue weighted by Crippen LogP contribution is -2.49. The zero-order valence-electron chi connectivity index (χ0n) is 12.3. The Morgan fingerprint density at radius 2 is 2.05 bits per heavy atom. The summed E-state index contributed by atoms with van der Waals surface area (Å²) in [5, 5.41) is 0. The van der Waals surface area contributed by atoms with Crippen LogP contribution in [0.2, 0.25) is 0 Å². The lowest BCUT2D eigenvalue weighted by atomic mass is 10.0. The third kappa shape index (κ3) is 2.69. The smallest absolute Gasteiger partial charge is 0.276 e. The number of rotatable bonds is 2. The van der Waals surface area contributed by atoms with Crippen LogP contribution in [0.3, 0.4) is 0 Å². The second-order valence-corrected chi connectivity index (χ2v) is 5.44. The van der Waals surface area contributed by atoms with Crippen LogP contribution in [0.1, 0.15) is 27.9 Å². The minimum atomic E-state index is -0.0526. The van der Waals surface area contributed by atoms with E-state index in [-0.39, 0.29) is 11.9 Å². The van der Waals surface area contributed by atoms with E-state index in [9.17, 15) is 4.79 Å². The van der Waals surface area contributed by atoms with Gasteiger partial charge in [-0.05, 0) is 19.5 Å². The van der Waals surface area contributed by atoms with Crippen LogP contribution in [0.25, 0.3) is 0 Å². The van der Waals surface area contributed by atoms with Crippen molar-refractivity contribution in [2.24, 2.45) is 0 Å². The molecule has 5 heteroatoms. The van der Waals surface area contributed by atoms with Gasteiger partial charge in [0.2, 0.25) is 0 Å². The highest BCUT2D eigenvalue weighted by Gasteiger charge is 2.32. The number of nitrogens with zero attached hydrogens (tertiary/aromatic N) is 3. The molecule has 1 aromatic carbocycles. The molecule has 1 fully saturated rings. The molecule has 21 heavy (non-hydrogen) atoms. The molecule has 5 nitrogen and oxygen atoms in total. The van der Waals surface area contributed by atoms with E-state index in [0.29, 0.717) is 18.0 Å².